The van der Waals surface area contributed by atoms with E-state index in [2.05, 4.69) is 99.0 Å². The lowest BCUT2D eigenvalue weighted by molar-refractivity contribution is -0.131. The zero-order chi connectivity index (χ0) is 62.1. The van der Waals surface area contributed by atoms with Gasteiger partial charge in [0.2, 0.25) is 17.7 Å². The van der Waals surface area contributed by atoms with E-state index < -0.39 is 46.1 Å². The second-order valence-electron chi connectivity index (χ2n) is 26.8. The van der Waals surface area contributed by atoms with E-state index in [9.17, 15) is 14.4 Å². The molecule has 13 heteroatoms. The first-order valence-electron chi connectivity index (χ1n) is 33.4. The Hall–Kier alpha value is -4.02. The molecule has 11 nitrogen and oxygen atoms in total. The maximum atomic E-state index is 14.0. The molecule has 0 bridgehead atoms. The Kier molecular flexibility index (Phi) is 35.1. The van der Waals surface area contributed by atoms with Crippen LogP contribution in [0.2, 0.25) is 33.2 Å². The molecule has 0 fully saturated rings. The van der Waals surface area contributed by atoms with Crippen molar-refractivity contribution in [3.05, 3.63) is 95.6 Å². The first kappa shape index (κ1) is 74.2. The molecule has 3 aromatic rings. The van der Waals surface area contributed by atoms with E-state index >= 15 is 0 Å². The summed E-state index contributed by atoms with van der Waals surface area (Å²) in [6.07, 6.45) is 22.5. The van der Waals surface area contributed by atoms with Crippen LogP contribution in [0.4, 0.5) is 0 Å². The highest BCUT2D eigenvalue weighted by molar-refractivity contribution is 6.78. The normalized spacial score (nSPS) is 13.2. The Morgan fingerprint density at radius 2 is 0.810 bits per heavy atom. The van der Waals surface area contributed by atoms with Crippen LogP contribution in [0.1, 0.15) is 243 Å². The Balaban J connectivity index is 1.53. The average Bonchev–Trinajstić information content (AvgIpc) is 3.48. The predicted molar refractivity (Wildman–Crippen MR) is 358 cm³/mol. The molecule has 0 aliphatic carbocycles. The largest absolute Gasteiger partial charge is 0.494 e. The Bertz CT molecular complexity index is 2090. The number of nitrogens with one attached hydrogen (secondary N) is 3. The fourth-order valence-electron chi connectivity index (χ4n) is 13.4. The minimum absolute atomic E-state index is 0.101. The third-order valence-corrected chi connectivity index (χ3v) is 30.1. The molecule has 0 saturated heterocycles. The Labute approximate surface area is 515 Å². The van der Waals surface area contributed by atoms with Gasteiger partial charge < -0.3 is 40.0 Å². The monoisotopic (exact) mass is 1200 g/mol. The Morgan fingerprint density at radius 3 is 1.15 bits per heavy atom. The van der Waals surface area contributed by atoms with E-state index in [0.29, 0.717) is 59.3 Å². The van der Waals surface area contributed by atoms with Gasteiger partial charge >= 0.3 is 0 Å². The lowest BCUT2D eigenvalue weighted by atomic mass is 9.84. The van der Waals surface area contributed by atoms with Crippen molar-refractivity contribution >= 4 is 34.4 Å². The molecule has 0 heterocycles. The molecule has 84 heavy (non-hydrogen) atoms. The summed E-state index contributed by atoms with van der Waals surface area (Å²) in [5, 5.41) is 8.93. The first-order chi connectivity index (χ1) is 40.0. The molecule has 0 unspecified atom stereocenters. The van der Waals surface area contributed by atoms with Gasteiger partial charge in [0.25, 0.3) is 0 Å². The van der Waals surface area contributed by atoms with E-state index in [0.717, 1.165) is 67.1 Å². The summed E-state index contributed by atoms with van der Waals surface area (Å²) >= 11 is 0. The van der Waals surface area contributed by atoms with Gasteiger partial charge in [-0.2, -0.15) is 0 Å². The van der Waals surface area contributed by atoms with Crippen molar-refractivity contribution in [1.29, 1.82) is 0 Å². The van der Waals surface area contributed by atoms with Gasteiger partial charge in [-0.3, -0.25) is 14.4 Å². The standard InChI is InChI=1S/C71H122N4O7Si2/c1-54(2)51-67(74-69(77)66(72)52-61-37-31-30-32-38-61)70(78)73-53-68(76)75-71(15,62-39-43-64(44-40-62)79-47-33-26-22-18-16-20-24-28-35-49-81-83(55(3)4,56(5)6)57(7)8)63-41-45-65(46-42-63)80-48-34-27-23-19-17-21-25-29-36-50-82-84(58(9)10,59(11)12)60(13)14/h30-32,37-46,54-60,66-67H,16-29,33-36,47-53,72H2,1-15H3,(H,73,78)(H,74,77)(H,75,76)/t66-,67-/m0/s1. The van der Waals surface area contributed by atoms with Crippen molar-refractivity contribution < 1.29 is 32.7 Å². The SMILES string of the molecule is CC(C)C[C@H](NC(=O)[C@@H](N)Cc1ccccc1)C(=O)NCC(=O)NC(C)(c1ccc(OCCCCCCCCCCCO[Si](C(C)C)(C(C)C)C(C)C)cc1)c1ccc(OCCCCCCCCCCCO[Si](C(C)C)(C(C)C)C(C)C)cc1. The highest BCUT2D eigenvalue weighted by Gasteiger charge is 2.46. The topological polar surface area (TPSA) is 150 Å². The predicted octanol–water partition coefficient (Wildman–Crippen LogP) is 17.4. The summed E-state index contributed by atoms with van der Waals surface area (Å²) in [6, 6.07) is 23.8. The summed E-state index contributed by atoms with van der Waals surface area (Å²) in [7, 11) is -3.54. The summed E-state index contributed by atoms with van der Waals surface area (Å²) in [5.74, 6) is 0.440. The zero-order valence-electron chi connectivity index (χ0n) is 55.8. The average molecular weight is 1200 g/mol. The van der Waals surface area contributed by atoms with Crippen LogP contribution in [0.25, 0.3) is 0 Å². The van der Waals surface area contributed by atoms with Crippen LogP contribution in [0, 0.1) is 5.92 Å². The third-order valence-electron chi connectivity index (χ3n) is 17.9. The van der Waals surface area contributed by atoms with Crippen LogP contribution in [-0.4, -0.2) is 79.4 Å². The molecule has 3 amide bonds. The molecule has 0 aromatic heterocycles. The Morgan fingerprint density at radius 1 is 0.464 bits per heavy atom. The number of hydrogen-bond acceptors (Lipinski definition) is 8. The number of unbranched alkanes of at least 4 members (excludes halogenated alkanes) is 16. The highest BCUT2D eigenvalue weighted by atomic mass is 28.4. The van der Waals surface area contributed by atoms with Crippen LogP contribution in [0.15, 0.2) is 78.9 Å². The van der Waals surface area contributed by atoms with E-state index in [-0.39, 0.29) is 18.4 Å². The minimum atomic E-state index is -1.77. The number of rotatable bonds is 46. The number of carbonyl (C=O) groups is 3. The van der Waals surface area contributed by atoms with E-state index in [4.69, 9.17) is 24.1 Å². The van der Waals surface area contributed by atoms with Crippen LogP contribution < -0.4 is 31.2 Å². The number of nitrogens with two attached hydrogens (primary N) is 1. The maximum Gasteiger partial charge on any atom is 0.243 e. The molecule has 0 aliphatic rings. The molecule has 2 atom stereocenters. The molecule has 3 aromatic carbocycles. The van der Waals surface area contributed by atoms with Crippen molar-refractivity contribution in [2.75, 3.05) is 33.0 Å². The molecule has 0 radical (unpaired) electrons. The third kappa shape index (κ3) is 25.0. The minimum Gasteiger partial charge on any atom is -0.494 e. The van der Waals surface area contributed by atoms with Crippen molar-refractivity contribution in [2.24, 2.45) is 11.7 Å². The molecular weight excluding hydrogens is 1080 g/mol. The van der Waals surface area contributed by atoms with E-state index in [1.807, 2.05) is 99.6 Å². The number of amides is 3. The van der Waals surface area contributed by atoms with Crippen molar-refractivity contribution in [1.82, 2.24) is 16.0 Å². The summed E-state index contributed by atoms with van der Waals surface area (Å²) in [4.78, 5) is 40.9. The van der Waals surface area contributed by atoms with E-state index in [1.54, 1.807) is 0 Å². The van der Waals surface area contributed by atoms with Gasteiger partial charge in [-0.15, -0.1) is 0 Å². The van der Waals surface area contributed by atoms with E-state index in [1.165, 1.54) is 89.9 Å². The number of carbonyl (C=O) groups excluding carboxylic acids is 3. The maximum absolute atomic E-state index is 14.0. The second-order valence-corrected chi connectivity index (χ2v) is 37.7. The van der Waals surface area contributed by atoms with Crippen LogP contribution in [0.5, 0.6) is 11.5 Å². The lowest BCUT2D eigenvalue weighted by Crippen LogP contribution is -2.54. The molecule has 476 valence electrons. The van der Waals surface area contributed by atoms with Crippen molar-refractivity contribution in [3.63, 3.8) is 0 Å². The summed E-state index contributed by atoms with van der Waals surface area (Å²) < 4.78 is 26.0. The van der Waals surface area contributed by atoms with Crippen LogP contribution in [-0.2, 0) is 35.2 Å². The van der Waals surface area contributed by atoms with Gasteiger partial charge in [0, 0.05) is 13.2 Å². The quantitative estimate of drug-likeness (QED) is 0.0323. The molecule has 0 spiro atoms. The molecule has 0 aliphatic heterocycles. The van der Waals surface area contributed by atoms with Gasteiger partial charge in [0.05, 0.1) is 31.3 Å². The zero-order valence-corrected chi connectivity index (χ0v) is 57.8. The molecule has 3 rings (SSSR count). The molecular formula is C71H122N4O7Si2. The lowest BCUT2D eigenvalue weighted by Gasteiger charge is -2.42. The summed E-state index contributed by atoms with van der Waals surface area (Å²) in [5.41, 5.74) is 11.8. The number of hydrogen-bond donors (Lipinski definition) is 4. The van der Waals surface area contributed by atoms with Crippen molar-refractivity contribution in [3.8, 4) is 11.5 Å². The smallest absolute Gasteiger partial charge is 0.243 e. The molecule has 5 N–H and O–H groups in total. The fourth-order valence-corrected chi connectivity index (χ4v) is 24.4. The number of benzene rings is 3. The van der Waals surface area contributed by atoms with Gasteiger partial charge in [-0.05, 0) is 126 Å². The van der Waals surface area contributed by atoms with Crippen LogP contribution in [0.3, 0.4) is 0 Å². The van der Waals surface area contributed by atoms with Gasteiger partial charge in [-0.1, -0.05) is 241 Å². The van der Waals surface area contributed by atoms with Crippen molar-refractivity contribution in [2.45, 2.75) is 283 Å². The molecule has 0 saturated carbocycles. The van der Waals surface area contributed by atoms with Crippen LogP contribution >= 0.6 is 0 Å². The number of ether oxygens (including phenoxy) is 2. The first-order valence-corrected chi connectivity index (χ1v) is 37.7. The fraction of sp³-hybridized carbons (Fsp3) is 0.704. The van der Waals surface area contributed by atoms with Gasteiger partial charge in [0.15, 0.2) is 16.6 Å². The highest BCUT2D eigenvalue weighted by Crippen LogP contribution is 2.43. The van der Waals surface area contributed by atoms with Gasteiger partial charge in [0.1, 0.15) is 17.5 Å². The summed E-state index contributed by atoms with van der Waals surface area (Å²) in [6.45, 7) is 37.2. The second kappa shape index (κ2) is 39.7. The van der Waals surface area contributed by atoms with Gasteiger partial charge in [-0.25, -0.2) is 0 Å².